The van der Waals surface area contributed by atoms with Crippen LogP contribution in [0, 0.1) is 20.8 Å². The maximum absolute atomic E-state index is 12.6. The largest absolute Gasteiger partial charge is 0.303 e. The number of thioether (sulfide) groups is 1. The minimum atomic E-state index is -0.201. The van der Waals surface area contributed by atoms with Crippen LogP contribution in [0.15, 0.2) is 29.3 Å². The van der Waals surface area contributed by atoms with Gasteiger partial charge in [0.1, 0.15) is 5.82 Å². The van der Waals surface area contributed by atoms with E-state index in [2.05, 4.69) is 9.55 Å². The molecule has 3 heterocycles. The average molecular weight is 369 g/mol. The van der Waals surface area contributed by atoms with Gasteiger partial charge in [-0.25, -0.2) is 4.98 Å². The third-order valence-corrected chi connectivity index (χ3v) is 5.62. The highest BCUT2D eigenvalue weighted by Crippen LogP contribution is 2.35. The zero-order valence-corrected chi connectivity index (χ0v) is 16.6. The Balaban J connectivity index is 1.98. The Morgan fingerprint density at radius 2 is 1.96 bits per heavy atom. The number of aromatic nitrogens is 2. The highest BCUT2D eigenvalue weighted by Gasteiger charge is 2.37. The second-order valence-corrected chi connectivity index (χ2v) is 7.66. The van der Waals surface area contributed by atoms with Crippen LogP contribution in [-0.4, -0.2) is 31.6 Å². The van der Waals surface area contributed by atoms with E-state index in [1.165, 1.54) is 4.90 Å². The van der Waals surface area contributed by atoms with Gasteiger partial charge in [0.25, 0.3) is 11.1 Å². The van der Waals surface area contributed by atoms with E-state index in [9.17, 15) is 9.59 Å². The Bertz CT molecular complexity index is 897. The zero-order chi connectivity index (χ0) is 19.0. The lowest BCUT2D eigenvalue weighted by molar-refractivity contribution is -0.124. The summed E-state index contributed by atoms with van der Waals surface area (Å²) < 4.78 is 2.06. The molecule has 0 aromatic carbocycles. The number of hydrogen-bond acceptors (Lipinski definition) is 4. The molecule has 6 heteroatoms. The van der Waals surface area contributed by atoms with Crippen molar-refractivity contribution in [1.82, 2.24) is 14.5 Å². The summed E-state index contributed by atoms with van der Waals surface area (Å²) in [5, 5.41) is -0.190. The molecule has 2 aromatic rings. The van der Waals surface area contributed by atoms with Crippen molar-refractivity contribution in [2.24, 2.45) is 0 Å². The third kappa shape index (κ3) is 3.21. The summed E-state index contributed by atoms with van der Waals surface area (Å²) in [5.74, 6) is 0.644. The number of carbonyl (C=O) groups excluding carboxylic acids is 2. The fraction of sp³-hybridized carbons (Fsp3) is 0.350. The monoisotopic (exact) mass is 369 g/mol. The van der Waals surface area contributed by atoms with Crippen molar-refractivity contribution < 1.29 is 9.59 Å². The summed E-state index contributed by atoms with van der Waals surface area (Å²) in [6, 6.07) is 5.94. The molecule has 1 aliphatic rings. The molecule has 1 fully saturated rings. The SMILES string of the molecule is CC[C@@H](C)N1C(=O)S/C(=C/c2cc(C)n(-c3ccc(C)cn3)c2C)C1=O. The lowest BCUT2D eigenvalue weighted by Gasteiger charge is -2.19. The molecule has 1 aliphatic heterocycles. The van der Waals surface area contributed by atoms with Crippen LogP contribution in [0.2, 0.25) is 0 Å². The molecule has 1 atom stereocenters. The lowest BCUT2D eigenvalue weighted by Crippen LogP contribution is -2.36. The molecular formula is C20H23N3O2S. The predicted molar refractivity (Wildman–Crippen MR) is 105 cm³/mol. The first-order valence-corrected chi connectivity index (χ1v) is 9.54. The minimum absolute atomic E-state index is 0.0856. The Morgan fingerprint density at radius 1 is 1.23 bits per heavy atom. The predicted octanol–water partition coefficient (Wildman–Crippen LogP) is 4.63. The summed E-state index contributed by atoms with van der Waals surface area (Å²) in [5.41, 5.74) is 4.06. The van der Waals surface area contributed by atoms with Crippen LogP contribution in [0.1, 0.15) is 42.8 Å². The highest BCUT2D eigenvalue weighted by molar-refractivity contribution is 8.18. The maximum Gasteiger partial charge on any atom is 0.293 e. The van der Waals surface area contributed by atoms with Gasteiger partial charge in [-0.3, -0.25) is 14.5 Å². The molecule has 3 rings (SSSR count). The summed E-state index contributed by atoms with van der Waals surface area (Å²) in [4.78, 5) is 31.2. The first-order chi connectivity index (χ1) is 12.3. The second kappa shape index (κ2) is 7.11. The number of pyridine rings is 1. The topological polar surface area (TPSA) is 55.2 Å². The molecule has 2 aromatic heterocycles. The van der Waals surface area contributed by atoms with Gasteiger partial charge in [-0.1, -0.05) is 13.0 Å². The molecule has 0 saturated carbocycles. The van der Waals surface area contributed by atoms with Crippen LogP contribution in [0.4, 0.5) is 4.79 Å². The summed E-state index contributed by atoms with van der Waals surface area (Å²) in [6.07, 6.45) is 4.41. The third-order valence-electron chi connectivity index (χ3n) is 4.74. The Kier molecular flexibility index (Phi) is 5.05. The fourth-order valence-electron chi connectivity index (χ4n) is 3.06. The molecule has 5 nitrogen and oxygen atoms in total. The molecular weight excluding hydrogens is 346 g/mol. The molecule has 26 heavy (non-hydrogen) atoms. The zero-order valence-electron chi connectivity index (χ0n) is 15.7. The van der Waals surface area contributed by atoms with E-state index in [1.54, 1.807) is 0 Å². The summed E-state index contributed by atoms with van der Waals surface area (Å²) in [6.45, 7) is 9.88. The number of hydrogen-bond donors (Lipinski definition) is 0. The number of amides is 2. The normalized spacial score (nSPS) is 17.4. The first kappa shape index (κ1) is 18.5. The van der Waals surface area contributed by atoms with Gasteiger partial charge in [0.05, 0.1) is 4.91 Å². The molecule has 2 amide bonds. The standard InChI is InChI=1S/C20H23N3O2S/c1-6-13(3)23-19(24)17(26-20(23)25)10-16-9-14(4)22(15(16)5)18-8-7-12(2)11-21-18/h7-11,13H,6H2,1-5H3/b17-10+/t13-/m1/s1. The number of nitrogens with zero attached hydrogens (tertiary/aromatic N) is 3. The van der Waals surface area contributed by atoms with Crippen molar-refractivity contribution in [1.29, 1.82) is 0 Å². The molecule has 0 bridgehead atoms. The Morgan fingerprint density at radius 3 is 2.58 bits per heavy atom. The van der Waals surface area contributed by atoms with E-state index < -0.39 is 0 Å². The average Bonchev–Trinajstić information content (AvgIpc) is 3.04. The van der Waals surface area contributed by atoms with E-state index in [0.717, 1.165) is 46.5 Å². The van der Waals surface area contributed by atoms with Gasteiger partial charge in [-0.05, 0) is 75.2 Å². The van der Waals surface area contributed by atoms with Crippen molar-refractivity contribution in [2.45, 2.75) is 47.1 Å². The van der Waals surface area contributed by atoms with Crippen LogP contribution in [-0.2, 0) is 4.79 Å². The van der Waals surface area contributed by atoms with Crippen molar-refractivity contribution >= 4 is 29.0 Å². The van der Waals surface area contributed by atoms with Gasteiger partial charge >= 0.3 is 0 Å². The molecule has 0 radical (unpaired) electrons. The van der Waals surface area contributed by atoms with Gasteiger partial charge in [0, 0.05) is 23.6 Å². The van der Waals surface area contributed by atoms with Crippen molar-refractivity contribution in [2.75, 3.05) is 0 Å². The van der Waals surface area contributed by atoms with Crippen molar-refractivity contribution in [3.8, 4) is 5.82 Å². The van der Waals surface area contributed by atoms with Gasteiger partial charge in [0.2, 0.25) is 0 Å². The number of aryl methyl sites for hydroxylation is 2. The van der Waals surface area contributed by atoms with E-state index in [4.69, 9.17) is 0 Å². The first-order valence-electron chi connectivity index (χ1n) is 8.72. The van der Waals surface area contributed by atoms with Gasteiger partial charge in [-0.15, -0.1) is 0 Å². The summed E-state index contributed by atoms with van der Waals surface area (Å²) in [7, 11) is 0. The van der Waals surface area contributed by atoms with E-state index >= 15 is 0 Å². The van der Waals surface area contributed by atoms with E-state index in [1.807, 2.05) is 65.1 Å². The molecule has 0 spiro atoms. The number of carbonyl (C=O) groups is 2. The fourth-order valence-corrected chi connectivity index (χ4v) is 3.98. The van der Waals surface area contributed by atoms with Crippen molar-refractivity contribution in [3.63, 3.8) is 0 Å². The molecule has 0 unspecified atom stereocenters. The molecule has 0 N–H and O–H groups in total. The Hall–Kier alpha value is -2.34. The molecule has 1 saturated heterocycles. The Labute approximate surface area is 158 Å². The van der Waals surface area contributed by atoms with Crippen LogP contribution in [0.5, 0.6) is 0 Å². The molecule has 136 valence electrons. The smallest absolute Gasteiger partial charge is 0.293 e. The highest BCUT2D eigenvalue weighted by atomic mass is 32.2. The van der Waals surface area contributed by atoms with Gasteiger partial charge in [-0.2, -0.15) is 0 Å². The van der Waals surface area contributed by atoms with E-state index in [0.29, 0.717) is 4.91 Å². The van der Waals surface area contributed by atoms with Crippen LogP contribution in [0.3, 0.4) is 0 Å². The van der Waals surface area contributed by atoms with Crippen LogP contribution in [0.25, 0.3) is 11.9 Å². The van der Waals surface area contributed by atoms with Gasteiger partial charge in [0.15, 0.2) is 0 Å². The van der Waals surface area contributed by atoms with E-state index in [-0.39, 0.29) is 17.2 Å². The minimum Gasteiger partial charge on any atom is -0.303 e. The summed E-state index contributed by atoms with van der Waals surface area (Å²) >= 11 is 1.02. The number of rotatable bonds is 4. The van der Waals surface area contributed by atoms with Crippen molar-refractivity contribution in [3.05, 3.63) is 51.8 Å². The van der Waals surface area contributed by atoms with Crippen LogP contribution < -0.4 is 0 Å². The number of imide groups is 1. The van der Waals surface area contributed by atoms with Crippen LogP contribution >= 0.6 is 11.8 Å². The maximum atomic E-state index is 12.6. The lowest BCUT2D eigenvalue weighted by atomic mass is 10.2. The quantitative estimate of drug-likeness (QED) is 0.737. The second-order valence-electron chi connectivity index (χ2n) is 6.66. The van der Waals surface area contributed by atoms with Gasteiger partial charge < -0.3 is 4.57 Å². The molecule has 0 aliphatic carbocycles.